The van der Waals surface area contributed by atoms with Gasteiger partial charge in [-0.05, 0) is 25.5 Å². The molecule has 0 saturated carbocycles. The van der Waals surface area contributed by atoms with Crippen LogP contribution in [0.15, 0.2) is 12.1 Å². The van der Waals surface area contributed by atoms with Crippen molar-refractivity contribution in [1.29, 1.82) is 0 Å². The molecule has 3 nitrogen and oxygen atoms in total. The van der Waals surface area contributed by atoms with E-state index in [4.69, 9.17) is 4.74 Å². The van der Waals surface area contributed by atoms with Crippen molar-refractivity contribution < 1.29 is 4.74 Å². The molecule has 2 heterocycles. The molecule has 4 heteroatoms. The second-order valence-corrected chi connectivity index (χ2v) is 6.05. The molecule has 1 aromatic rings. The predicted molar refractivity (Wildman–Crippen MR) is 72.6 cm³/mol. The van der Waals surface area contributed by atoms with Crippen molar-refractivity contribution in [3.8, 4) is 0 Å². The molecule has 0 unspecified atom stereocenters. The van der Waals surface area contributed by atoms with E-state index in [1.807, 2.05) is 11.3 Å². The zero-order chi connectivity index (χ0) is 12.1. The number of aryl methyl sites for hydroxylation is 1. The minimum Gasteiger partial charge on any atom is -0.371 e. The van der Waals surface area contributed by atoms with Crippen LogP contribution >= 0.6 is 11.3 Å². The van der Waals surface area contributed by atoms with Gasteiger partial charge in [-0.3, -0.25) is 0 Å². The summed E-state index contributed by atoms with van der Waals surface area (Å²) in [4.78, 5) is 2.88. The van der Waals surface area contributed by atoms with E-state index in [2.05, 4.69) is 36.6 Å². The van der Waals surface area contributed by atoms with E-state index < -0.39 is 0 Å². The largest absolute Gasteiger partial charge is 0.371 e. The third kappa shape index (κ3) is 3.78. The summed E-state index contributed by atoms with van der Waals surface area (Å²) in [5.74, 6) is 0. The third-order valence-electron chi connectivity index (χ3n) is 3.09. The maximum atomic E-state index is 5.81. The lowest BCUT2D eigenvalue weighted by atomic mass is 10.0. The van der Waals surface area contributed by atoms with Crippen LogP contribution in [0.3, 0.4) is 0 Å². The number of nitrogens with one attached hydrogen (secondary N) is 2. The van der Waals surface area contributed by atoms with Gasteiger partial charge in [-0.2, -0.15) is 0 Å². The van der Waals surface area contributed by atoms with Crippen molar-refractivity contribution in [2.45, 2.75) is 32.4 Å². The monoisotopic (exact) mass is 254 g/mol. The molecule has 1 aliphatic heterocycles. The summed E-state index contributed by atoms with van der Waals surface area (Å²) in [7, 11) is 0. The zero-order valence-corrected chi connectivity index (χ0v) is 11.5. The maximum Gasteiger partial charge on any atom is 0.0902 e. The van der Waals surface area contributed by atoms with E-state index in [0.29, 0.717) is 0 Å². The highest BCUT2D eigenvalue weighted by atomic mass is 32.1. The predicted octanol–water partition coefficient (Wildman–Crippen LogP) is 1.78. The van der Waals surface area contributed by atoms with E-state index in [0.717, 1.165) is 39.2 Å². The second kappa shape index (κ2) is 5.96. The fourth-order valence-corrected chi connectivity index (χ4v) is 2.80. The lowest BCUT2D eigenvalue weighted by molar-refractivity contribution is -0.0648. The van der Waals surface area contributed by atoms with Crippen LogP contribution in [0, 0.1) is 0 Å². The molecule has 1 fully saturated rings. The molecular formula is C13H22N2OS. The summed E-state index contributed by atoms with van der Waals surface area (Å²) in [5, 5.41) is 6.66. The zero-order valence-electron chi connectivity index (χ0n) is 10.7. The van der Waals surface area contributed by atoms with Gasteiger partial charge in [0.1, 0.15) is 0 Å². The van der Waals surface area contributed by atoms with E-state index >= 15 is 0 Å². The van der Waals surface area contributed by atoms with Crippen LogP contribution in [-0.2, 0) is 17.7 Å². The van der Waals surface area contributed by atoms with E-state index in [1.165, 1.54) is 9.75 Å². The SMILES string of the molecule is CCc1ccc(CNCCOC2(C)CNC2)s1. The van der Waals surface area contributed by atoms with Crippen LogP contribution in [0.2, 0.25) is 0 Å². The van der Waals surface area contributed by atoms with Crippen molar-refractivity contribution in [3.05, 3.63) is 21.9 Å². The Morgan fingerprint density at radius 2 is 2.18 bits per heavy atom. The molecule has 2 N–H and O–H groups in total. The van der Waals surface area contributed by atoms with Gasteiger partial charge in [-0.1, -0.05) is 6.92 Å². The molecule has 1 saturated heterocycles. The molecule has 0 bridgehead atoms. The Morgan fingerprint density at radius 1 is 1.41 bits per heavy atom. The molecule has 96 valence electrons. The first kappa shape index (κ1) is 13.0. The molecule has 0 spiro atoms. The van der Waals surface area contributed by atoms with Gasteiger partial charge in [-0.25, -0.2) is 0 Å². The molecule has 0 aromatic carbocycles. The molecule has 0 amide bonds. The van der Waals surface area contributed by atoms with Gasteiger partial charge in [0.15, 0.2) is 0 Å². The van der Waals surface area contributed by atoms with Crippen molar-refractivity contribution in [2.75, 3.05) is 26.2 Å². The van der Waals surface area contributed by atoms with Crippen LogP contribution in [0.4, 0.5) is 0 Å². The van der Waals surface area contributed by atoms with Gasteiger partial charge in [0.05, 0.1) is 12.2 Å². The molecule has 1 aliphatic rings. The normalized spacial score (nSPS) is 18.0. The van der Waals surface area contributed by atoms with Crippen LogP contribution in [0.25, 0.3) is 0 Å². The second-order valence-electron chi connectivity index (χ2n) is 4.80. The quantitative estimate of drug-likeness (QED) is 0.728. The lowest BCUT2D eigenvalue weighted by Gasteiger charge is -2.39. The first-order valence-electron chi connectivity index (χ1n) is 6.35. The smallest absolute Gasteiger partial charge is 0.0902 e. The molecule has 0 aliphatic carbocycles. The van der Waals surface area contributed by atoms with Crippen LogP contribution < -0.4 is 10.6 Å². The highest BCUT2D eigenvalue weighted by Gasteiger charge is 2.31. The van der Waals surface area contributed by atoms with Crippen molar-refractivity contribution in [1.82, 2.24) is 10.6 Å². The summed E-state index contributed by atoms with van der Waals surface area (Å²) >= 11 is 1.90. The number of thiophene rings is 1. The van der Waals surface area contributed by atoms with Crippen molar-refractivity contribution in [2.24, 2.45) is 0 Å². The standard InChI is InChI=1S/C13H22N2OS/c1-3-11-4-5-12(17-11)8-14-6-7-16-13(2)9-15-10-13/h4-5,14-15H,3,6-10H2,1-2H3. The maximum absolute atomic E-state index is 5.81. The van der Waals surface area contributed by atoms with Gasteiger partial charge < -0.3 is 15.4 Å². The number of rotatable bonds is 7. The third-order valence-corrected chi connectivity index (χ3v) is 4.32. The molecule has 0 atom stereocenters. The highest BCUT2D eigenvalue weighted by Crippen LogP contribution is 2.16. The summed E-state index contributed by atoms with van der Waals surface area (Å²) in [6, 6.07) is 4.44. The topological polar surface area (TPSA) is 33.3 Å². The van der Waals surface area contributed by atoms with E-state index in [9.17, 15) is 0 Å². The summed E-state index contributed by atoms with van der Waals surface area (Å²) in [6.07, 6.45) is 1.14. The summed E-state index contributed by atoms with van der Waals surface area (Å²) < 4.78 is 5.81. The Bertz CT molecular complexity index is 347. The molecular weight excluding hydrogens is 232 g/mol. The van der Waals surface area contributed by atoms with Gasteiger partial charge in [-0.15, -0.1) is 11.3 Å². The Kier molecular flexibility index (Phi) is 4.56. The Balaban J connectivity index is 1.56. The fourth-order valence-electron chi connectivity index (χ4n) is 1.87. The minimum absolute atomic E-state index is 0.0833. The Hall–Kier alpha value is -0.420. The molecule has 1 aromatic heterocycles. The molecule has 2 rings (SSSR count). The number of hydrogen-bond donors (Lipinski definition) is 2. The van der Waals surface area contributed by atoms with Gasteiger partial charge in [0, 0.05) is 35.9 Å². The van der Waals surface area contributed by atoms with Crippen LogP contribution in [0.1, 0.15) is 23.6 Å². The summed E-state index contributed by atoms with van der Waals surface area (Å²) in [6.45, 7) is 9.01. The van der Waals surface area contributed by atoms with Crippen molar-refractivity contribution >= 4 is 11.3 Å². The first-order chi connectivity index (χ1) is 8.22. The Morgan fingerprint density at radius 3 is 2.76 bits per heavy atom. The summed E-state index contributed by atoms with van der Waals surface area (Å²) in [5.41, 5.74) is 0.0833. The van der Waals surface area contributed by atoms with Crippen molar-refractivity contribution in [3.63, 3.8) is 0 Å². The van der Waals surface area contributed by atoms with Gasteiger partial charge in [0.25, 0.3) is 0 Å². The molecule has 0 radical (unpaired) electrons. The number of ether oxygens (including phenoxy) is 1. The molecule has 17 heavy (non-hydrogen) atoms. The van der Waals surface area contributed by atoms with Gasteiger partial charge >= 0.3 is 0 Å². The average Bonchev–Trinajstić information content (AvgIpc) is 2.74. The van der Waals surface area contributed by atoms with Crippen LogP contribution in [0.5, 0.6) is 0 Å². The number of hydrogen-bond acceptors (Lipinski definition) is 4. The Labute approximate surface area is 108 Å². The first-order valence-corrected chi connectivity index (χ1v) is 7.16. The fraction of sp³-hybridized carbons (Fsp3) is 0.692. The minimum atomic E-state index is 0.0833. The van der Waals surface area contributed by atoms with E-state index in [1.54, 1.807) is 0 Å². The highest BCUT2D eigenvalue weighted by molar-refractivity contribution is 7.11. The van der Waals surface area contributed by atoms with Gasteiger partial charge in [0.2, 0.25) is 0 Å². The van der Waals surface area contributed by atoms with Crippen LogP contribution in [-0.4, -0.2) is 31.8 Å². The van der Waals surface area contributed by atoms with E-state index in [-0.39, 0.29) is 5.60 Å². The lowest BCUT2D eigenvalue weighted by Crippen LogP contribution is -2.59. The average molecular weight is 254 g/mol.